The summed E-state index contributed by atoms with van der Waals surface area (Å²) in [6.45, 7) is 7.23. The second kappa shape index (κ2) is 5.41. The lowest BCUT2D eigenvalue weighted by molar-refractivity contribution is 0.0633. The first-order chi connectivity index (χ1) is 8.88. The molecular weight excluding hydrogens is 220 g/mol. The summed E-state index contributed by atoms with van der Waals surface area (Å²) in [5.74, 6) is 1.81. The Labute approximate surface area is 110 Å². The second-order valence-electron chi connectivity index (χ2n) is 5.80. The van der Waals surface area contributed by atoms with Crippen LogP contribution in [-0.2, 0) is 6.54 Å². The predicted molar refractivity (Wildman–Crippen MR) is 75.4 cm³/mol. The van der Waals surface area contributed by atoms with Crippen molar-refractivity contribution in [3.8, 4) is 0 Å². The highest BCUT2D eigenvalue weighted by Gasteiger charge is 2.39. The summed E-state index contributed by atoms with van der Waals surface area (Å²) in [6, 6.07) is 11.7. The molecule has 98 valence electrons. The van der Waals surface area contributed by atoms with Gasteiger partial charge in [0.05, 0.1) is 0 Å². The molecule has 3 unspecified atom stereocenters. The summed E-state index contributed by atoms with van der Waals surface area (Å²) in [6.07, 6.45) is 2.66. The number of hydrogen-bond donors (Lipinski definition) is 1. The average molecular weight is 244 g/mol. The molecular formula is C16H24N2. The van der Waals surface area contributed by atoms with Gasteiger partial charge in [-0.2, -0.15) is 0 Å². The predicted octanol–water partition coefficient (Wildman–Crippen LogP) is 2.51. The van der Waals surface area contributed by atoms with Gasteiger partial charge in [-0.05, 0) is 49.9 Å². The molecule has 18 heavy (non-hydrogen) atoms. The van der Waals surface area contributed by atoms with Crippen LogP contribution in [0.15, 0.2) is 30.3 Å². The standard InChI is InChI=1S/C16H24N2/c1-2-16-15-11-17-10-14(15)8-9-18(16)12-13-6-4-3-5-7-13/h3-7,14-17H,2,8-12H2,1H3. The number of nitrogens with one attached hydrogen (secondary N) is 1. The Kier molecular flexibility index (Phi) is 3.67. The highest BCUT2D eigenvalue weighted by Crippen LogP contribution is 2.34. The number of hydrogen-bond acceptors (Lipinski definition) is 2. The van der Waals surface area contributed by atoms with E-state index in [-0.39, 0.29) is 0 Å². The lowest BCUT2D eigenvalue weighted by Crippen LogP contribution is -2.48. The van der Waals surface area contributed by atoms with Crippen LogP contribution in [0.25, 0.3) is 0 Å². The smallest absolute Gasteiger partial charge is 0.0236 e. The summed E-state index contributed by atoms with van der Waals surface area (Å²) in [7, 11) is 0. The molecule has 2 saturated heterocycles. The van der Waals surface area contributed by atoms with E-state index in [9.17, 15) is 0 Å². The maximum absolute atomic E-state index is 3.59. The highest BCUT2D eigenvalue weighted by molar-refractivity contribution is 5.15. The van der Waals surface area contributed by atoms with Crippen molar-refractivity contribution in [2.24, 2.45) is 11.8 Å². The number of piperidine rings is 1. The van der Waals surface area contributed by atoms with Crippen molar-refractivity contribution >= 4 is 0 Å². The van der Waals surface area contributed by atoms with Gasteiger partial charge in [-0.1, -0.05) is 37.3 Å². The Balaban J connectivity index is 1.71. The van der Waals surface area contributed by atoms with Gasteiger partial charge in [0.2, 0.25) is 0 Å². The number of nitrogens with zero attached hydrogens (tertiary/aromatic N) is 1. The fourth-order valence-corrected chi connectivity index (χ4v) is 3.86. The van der Waals surface area contributed by atoms with E-state index in [4.69, 9.17) is 0 Å². The molecule has 2 aliphatic rings. The zero-order valence-corrected chi connectivity index (χ0v) is 11.3. The molecule has 2 heterocycles. The van der Waals surface area contributed by atoms with Crippen molar-refractivity contribution in [3.63, 3.8) is 0 Å². The SMILES string of the molecule is CCC1C2CNCC2CCN1Cc1ccccc1. The Morgan fingerprint density at radius 3 is 2.83 bits per heavy atom. The van der Waals surface area contributed by atoms with Crippen LogP contribution >= 0.6 is 0 Å². The largest absolute Gasteiger partial charge is 0.316 e. The van der Waals surface area contributed by atoms with Crippen LogP contribution in [0.2, 0.25) is 0 Å². The van der Waals surface area contributed by atoms with E-state index in [0.717, 1.165) is 24.4 Å². The molecule has 3 rings (SSSR count). The third-order valence-electron chi connectivity index (χ3n) is 4.79. The van der Waals surface area contributed by atoms with Crippen LogP contribution in [0.1, 0.15) is 25.3 Å². The average Bonchev–Trinajstić information content (AvgIpc) is 2.88. The van der Waals surface area contributed by atoms with Gasteiger partial charge in [0, 0.05) is 12.6 Å². The van der Waals surface area contributed by atoms with E-state index in [0.29, 0.717) is 0 Å². The van der Waals surface area contributed by atoms with Gasteiger partial charge in [-0.25, -0.2) is 0 Å². The number of likely N-dealkylation sites (tertiary alicyclic amines) is 1. The molecule has 0 amide bonds. The Hall–Kier alpha value is -0.860. The van der Waals surface area contributed by atoms with Crippen LogP contribution in [0.5, 0.6) is 0 Å². The van der Waals surface area contributed by atoms with Gasteiger partial charge in [0.15, 0.2) is 0 Å². The Morgan fingerprint density at radius 1 is 1.22 bits per heavy atom. The molecule has 0 aromatic heterocycles. The topological polar surface area (TPSA) is 15.3 Å². The number of benzene rings is 1. The molecule has 0 saturated carbocycles. The molecule has 1 N–H and O–H groups in total. The van der Waals surface area contributed by atoms with E-state index in [2.05, 4.69) is 47.5 Å². The second-order valence-corrected chi connectivity index (χ2v) is 5.80. The lowest BCUT2D eigenvalue weighted by Gasteiger charge is -2.42. The first-order valence-electron chi connectivity index (χ1n) is 7.37. The summed E-state index contributed by atoms with van der Waals surface area (Å²) >= 11 is 0. The molecule has 0 bridgehead atoms. The fourth-order valence-electron chi connectivity index (χ4n) is 3.86. The third kappa shape index (κ3) is 2.32. The van der Waals surface area contributed by atoms with Crippen molar-refractivity contribution in [2.45, 2.75) is 32.4 Å². The molecule has 2 aliphatic heterocycles. The van der Waals surface area contributed by atoms with Gasteiger partial charge in [-0.15, -0.1) is 0 Å². The van der Waals surface area contributed by atoms with Crippen LogP contribution in [0.3, 0.4) is 0 Å². The first kappa shape index (κ1) is 12.2. The first-order valence-corrected chi connectivity index (χ1v) is 7.37. The maximum atomic E-state index is 3.59. The van der Waals surface area contributed by atoms with Gasteiger partial charge in [-0.3, -0.25) is 4.90 Å². The summed E-state index contributed by atoms with van der Waals surface area (Å²) in [5.41, 5.74) is 1.46. The quantitative estimate of drug-likeness (QED) is 0.879. The molecule has 2 fully saturated rings. The van der Waals surface area contributed by atoms with Crippen molar-refractivity contribution < 1.29 is 0 Å². The maximum Gasteiger partial charge on any atom is 0.0236 e. The normalized spacial score (nSPS) is 32.4. The van der Waals surface area contributed by atoms with E-state index in [1.807, 2.05) is 0 Å². The zero-order valence-electron chi connectivity index (χ0n) is 11.3. The molecule has 0 spiro atoms. The molecule has 1 aromatic carbocycles. The van der Waals surface area contributed by atoms with Gasteiger partial charge >= 0.3 is 0 Å². The minimum Gasteiger partial charge on any atom is -0.316 e. The number of fused-ring (bicyclic) bond motifs is 1. The van der Waals surface area contributed by atoms with Crippen molar-refractivity contribution in [3.05, 3.63) is 35.9 Å². The Morgan fingerprint density at radius 2 is 2.06 bits per heavy atom. The fraction of sp³-hybridized carbons (Fsp3) is 0.625. The summed E-state index contributed by atoms with van der Waals surface area (Å²) in [4.78, 5) is 2.71. The van der Waals surface area contributed by atoms with E-state index in [1.165, 1.54) is 38.0 Å². The molecule has 0 aliphatic carbocycles. The van der Waals surface area contributed by atoms with E-state index in [1.54, 1.807) is 0 Å². The van der Waals surface area contributed by atoms with Gasteiger partial charge < -0.3 is 5.32 Å². The molecule has 1 aromatic rings. The lowest BCUT2D eigenvalue weighted by atomic mass is 9.81. The Bertz CT molecular complexity index is 376. The van der Waals surface area contributed by atoms with Crippen LogP contribution in [-0.4, -0.2) is 30.6 Å². The third-order valence-corrected chi connectivity index (χ3v) is 4.79. The zero-order chi connectivity index (χ0) is 12.4. The number of rotatable bonds is 3. The molecule has 2 heteroatoms. The minimum atomic E-state index is 0.777. The highest BCUT2D eigenvalue weighted by atomic mass is 15.2. The van der Waals surface area contributed by atoms with E-state index < -0.39 is 0 Å². The monoisotopic (exact) mass is 244 g/mol. The molecule has 3 atom stereocenters. The van der Waals surface area contributed by atoms with Crippen molar-refractivity contribution in [1.82, 2.24) is 10.2 Å². The van der Waals surface area contributed by atoms with Crippen molar-refractivity contribution in [2.75, 3.05) is 19.6 Å². The van der Waals surface area contributed by atoms with Crippen LogP contribution in [0, 0.1) is 11.8 Å². The van der Waals surface area contributed by atoms with Crippen molar-refractivity contribution in [1.29, 1.82) is 0 Å². The molecule has 2 nitrogen and oxygen atoms in total. The van der Waals surface area contributed by atoms with Gasteiger partial charge in [0.1, 0.15) is 0 Å². The van der Waals surface area contributed by atoms with E-state index >= 15 is 0 Å². The van der Waals surface area contributed by atoms with Crippen LogP contribution < -0.4 is 5.32 Å². The minimum absolute atomic E-state index is 0.777. The summed E-state index contributed by atoms with van der Waals surface area (Å²) in [5, 5.41) is 3.59. The molecule has 0 radical (unpaired) electrons. The summed E-state index contributed by atoms with van der Waals surface area (Å²) < 4.78 is 0. The van der Waals surface area contributed by atoms with Gasteiger partial charge in [0.25, 0.3) is 0 Å². The van der Waals surface area contributed by atoms with Crippen LogP contribution in [0.4, 0.5) is 0 Å².